The minimum atomic E-state index is -0.402. The molecule has 3 aromatic rings. The number of carbonyl (C=O) groups excluding carboxylic acids is 2. The van der Waals surface area contributed by atoms with Crippen molar-refractivity contribution in [1.29, 1.82) is 0 Å². The van der Waals surface area contributed by atoms with Crippen LogP contribution in [0.25, 0.3) is 11.3 Å². The summed E-state index contributed by atoms with van der Waals surface area (Å²) in [4.78, 5) is 28.1. The Morgan fingerprint density at radius 3 is 2.00 bits per heavy atom. The van der Waals surface area contributed by atoms with E-state index in [1.54, 1.807) is 24.3 Å². The molecule has 0 spiro atoms. The lowest BCUT2D eigenvalue weighted by Crippen LogP contribution is -2.08. The smallest absolute Gasteiger partial charge is 0.343 e. The van der Waals surface area contributed by atoms with Crippen LogP contribution in [0.4, 0.5) is 0 Å². The molecule has 0 N–H and O–H groups in total. The summed E-state index contributed by atoms with van der Waals surface area (Å²) >= 11 is 0. The van der Waals surface area contributed by atoms with Gasteiger partial charge in [-0.05, 0) is 85.8 Å². The fraction of sp³-hybridized carbons (Fsp3) is 0.400. The van der Waals surface area contributed by atoms with Gasteiger partial charge in [-0.15, -0.1) is 0 Å². The minimum Gasteiger partial charge on any atom is -0.494 e. The molecular formula is C35H43NO5. The highest BCUT2D eigenvalue weighted by atomic mass is 16.5. The third-order valence-electron chi connectivity index (χ3n) is 6.81. The summed E-state index contributed by atoms with van der Waals surface area (Å²) in [5.74, 6) is 0.491. The van der Waals surface area contributed by atoms with Crippen molar-refractivity contribution in [3.05, 3.63) is 90.6 Å². The quantitative estimate of drug-likeness (QED) is 0.0636. The Morgan fingerprint density at radius 2 is 1.39 bits per heavy atom. The lowest BCUT2D eigenvalue weighted by Gasteiger charge is -2.08. The molecule has 0 aliphatic carbocycles. The average molecular weight is 558 g/mol. The summed E-state index contributed by atoms with van der Waals surface area (Å²) in [6, 6.07) is 18.7. The molecule has 1 aromatic heterocycles. The Bertz CT molecular complexity index is 1190. The molecule has 6 nitrogen and oxygen atoms in total. The molecule has 41 heavy (non-hydrogen) atoms. The number of esters is 2. The molecule has 218 valence electrons. The van der Waals surface area contributed by atoms with E-state index >= 15 is 0 Å². The number of ether oxygens (including phenoxy) is 3. The first kappa shape index (κ1) is 31.6. The molecule has 0 saturated carbocycles. The van der Waals surface area contributed by atoms with E-state index in [2.05, 4.69) is 24.6 Å². The maximum atomic E-state index is 12.6. The minimum absolute atomic E-state index is 0.347. The maximum absolute atomic E-state index is 12.6. The summed E-state index contributed by atoms with van der Waals surface area (Å²) in [5, 5.41) is 0. The monoisotopic (exact) mass is 557 g/mol. The van der Waals surface area contributed by atoms with E-state index in [-0.39, 0.29) is 5.97 Å². The van der Waals surface area contributed by atoms with E-state index in [1.807, 2.05) is 36.5 Å². The van der Waals surface area contributed by atoms with E-state index in [0.717, 1.165) is 55.5 Å². The van der Waals surface area contributed by atoms with Gasteiger partial charge in [0.25, 0.3) is 0 Å². The number of hydrogen-bond donors (Lipinski definition) is 0. The van der Waals surface area contributed by atoms with Gasteiger partial charge in [0.2, 0.25) is 0 Å². The number of carbonyl (C=O) groups is 2. The molecule has 6 heteroatoms. The van der Waals surface area contributed by atoms with E-state index < -0.39 is 5.97 Å². The highest BCUT2D eigenvalue weighted by Crippen LogP contribution is 2.22. The largest absolute Gasteiger partial charge is 0.494 e. The Kier molecular flexibility index (Phi) is 14.2. The number of aromatic nitrogens is 1. The second-order valence-electron chi connectivity index (χ2n) is 10.1. The van der Waals surface area contributed by atoms with Gasteiger partial charge in [0.05, 0.1) is 24.5 Å². The summed E-state index contributed by atoms with van der Waals surface area (Å²) in [6.07, 6.45) is 15.4. The lowest BCUT2D eigenvalue weighted by atomic mass is 10.1. The Labute approximate surface area is 244 Å². The van der Waals surface area contributed by atoms with Crippen molar-refractivity contribution in [2.45, 2.75) is 77.6 Å². The first-order chi connectivity index (χ1) is 20.1. The van der Waals surface area contributed by atoms with Gasteiger partial charge in [0.1, 0.15) is 11.5 Å². The first-order valence-corrected chi connectivity index (χ1v) is 14.9. The highest BCUT2D eigenvalue weighted by molar-refractivity contribution is 5.91. The number of aryl methyl sites for hydroxylation is 1. The van der Waals surface area contributed by atoms with Crippen LogP contribution in [0.15, 0.2) is 79.5 Å². The molecule has 2 aromatic carbocycles. The number of benzene rings is 2. The van der Waals surface area contributed by atoms with Crippen molar-refractivity contribution in [2.75, 3.05) is 13.2 Å². The molecule has 0 aliphatic heterocycles. The number of nitrogens with zero attached hydrogens (tertiary/aromatic N) is 1. The van der Waals surface area contributed by atoms with Gasteiger partial charge in [-0.25, -0.2) is 9.59 Å². The van der Waals surface area contributed by atoms with E-state index in [4.69, 9.17) is 14.2 Å². The third-order valence-corrected chi connectivity index (χ3v) is 6.81. The van der Waals surface area contributed by atoms with Crippen molar-refractivity contribution < 1.29 is 23.8 Å². The van der Waals surface area contributed by atoms with Gasteiger partial charge in [0, 0.05) is 17.8 Å². The fourth-order valence-electron chi connectivity index (χ4n) is 4.36. The molecule has 0 fully saturated rings. The van der Waals surface area contributed by atoms with Crippen molar-refractivity contribution in [3.8, 4) is 22.8 Å². The zero-order valence-electron chi connectivity index (χ0n) is 24.3. The molecule has 0 aliphatic rings. The SMILES string of the molecule is C=CC(=O)OCCCCCCCCCCOc1ccc(C(=O)Oc2ccc(-c3ccc(CCCC)cn3)cc2)cc1. The number of pyridine rings is 1. The van der Waals surface area contributed by atoms with Crippen LogP contribution in [0.2, 0.25) is 0 Å². The zero-order valence-corrected chi connectivity index (χ0v) is 24.3. The van der Waals surface area contributed by atoms with Crippen LogP contribution < -0.4 is 9.47 Å². The molecule has 0 bridgehead atoms. The highest BCUT2D eigenvalue weighted by Gasteiger charge is 2.10. The Balaban J connectivity index is 1.29. The fourth-order valence-corrected chi connectivity index (χ4v) is 4.36. The summed E-state index contributed by atoms with van der Waals surface area (Å²) in [7, 11) is 0. The standard InChI is InChI=1S/C35H43NO5/c1-3-5-14-28-15-24-33(36-27-28)29-16-22-32(23-17-29)41-35(38)30-18-20-31(21-19-30)39-25-12-10-8-6-7-9-11-13-26-40-34(37)4-2/h4,15-24,27H,2-3,5-14,25-26H2,1H3. The number of unbranched alkanes of at least 4 members (excludes halogenated alkanes) is 8. The van der Waals surface area contributed by atoms with Gasteiger partial charge in [-0.2, -0.15) is 0 Å². The van der Waals surface area contributed by atoms with E-state index in [0.29, 0.717) is 24.5 Å². The Morgan fingerprint density at radius 1 is 0.756 bits per heavy atom. The van der Waals surface area contributed by atoms with Crippen molar-refractivity contribution in [1.82, 2.24) is 4.98 Å². The zero-order chi connectivity index (χ0) is 29.1. The second-order valence-corrected chi connectivity index (χ2v) is 10.1. The number of rotatable bonds is 19. The van der Waals surface area contributed by atoms with Gasteiger partial charge < -0.3 is 14.2 Å². The van der Waals surface area contributed by atoms with Gasteiger partial charge in [0.15, 0.2) is 0 Å². The van der Waals surface area contributed by atoms with Crippen LogP contribution >= 0.6 is 0 Å². The first-order valence-electron chi connectivity index (χ1n) is 14.9. The van der Waals surface area contributed by atoms with Crippen molar-refractivity contribution in [2.24, 2.45) is 0 Å². The second kappa shape index (κ2) is 18.4. The topological polar surface area (TPSA) is 74.7 Å². The van der Waals surface area contributed by atoms with Crippen molar-refractivity contribution in [3.63, 3.8) is 0 Å². The van der Waals surface area contributed by atoms with Crippen LogP contribution in [-0.2, 0) is 16.0 Å². The predicted octanol–water partition coefficient (Wildman–Crippen LogP) is 8.54. The van der Waals surface area contributed by atoms with Gasteiger partial charge >= 0.3 is 11.9 Å². The molecule has 0 saturated heterocycles. The van der Waals surface area contributed by atoms with Crippen LogP contribution in [0.1, 0.15) is 87.1 Å². The van der Waals surface area contributed by atoms with Crippen LogP contribution in [0.3, 0.4) is 0 Å². The van der Waals surface area contributed by atoms with Crippen molar-refractivity contribution >= 4 is 11.9 Å². The maximum Gasteiger partial charge on any atom is 0.343 e. The normalized spacial score (nSPS) is 10.7. The molecule has 3 rings (SSSR count). The Hall–Kier alpha value is -3.93. The van der Waals surface area contributed by atoms with E-state index in [9.17, 15) is 9.59 Å². The molecule has 0 amide bonds. The summed E-state index contributed by atoms with van der Waals surface area (Å²) in [5.41, 5.74) is 3.61. The van der Waals surface area contributed by atoms with Gasteiger partial charge in [-0.1, -0.05) is 64.5 Å². The molecule has 0 radical (unpaired) electrons. The lowest BCUT2D eigenvalue weighted by molar-refractivity contribution is -0.137. The van der Waals surface area contributed by atoms with E-state index in [1.165, 1.54) is 43.7 Å². The summed E-state index contributed by atoms with van der Waals surface area (Å²) in [6.45, 7) is 6.70. The van der Waals surface area contributed by atoms with Gasteiger partial charge in [-0.3, -0.25) is 4.98 Å². The predicted molar refractivity (Wildman–Crippen MR) is 163 cm³/mol. The molecular weight excluding hydrogens is 514 g/mol. The summed E-state index contributed by atoms with van der Waals surface area (Å²) < 4.78 is 16.4. The third kappa shape index (κ3) is 12.0. The molecule has 0 unspecified atom stereocenters. The number of hydrogen-bond acceptors (Lipinski definition) is 6. The molecule has 1 heterocycles. The molecule has 0 atom stereocenters. The van der Waals surface area contributed by atoms with Crippen LogP contribution in [0.5, 0.6) is 11.5 Å². The van der Waals surface area contributed by atoms with Crippen LogP contribution in [-0.4, -0.2) is 30.1 Å². The average Bonchev–Trinajstić information content (AvgIpc) is 3.01. The van der Waals surface area contributed by atoms with Crippen LogP contribution in [0, 0.1) is 0 Å².